The summed E-state index contributed by atoms with van der Waals surface area (Å²) < 4.78 is 1.56. The Hall–Kier alpha value is -5.31. The molecule has 0 saturated carbocycles. The predicted molar refractivity (Wildman–Crippen MR) is 146 cm³/mol. The monoisotopic (exact) mass is 520 g/mol. The number of aromatic hydroxyl groups is 1. The lowest BCUT2D eigenvalue weighted by atomic mass is 10.0. The molecule has 0 aliphatic rings. The first kappa shape index (κ1) is 25.3. The molecule has 9 heteroatoms. The van der Waals surface area contributed by atoms with E-state index in [1.165, 1.54) is 0 Å². The van der Waals surface area contributed by atoms with E-state index in [0.29, 0.717) is 27.9 Å². The van der Waals surface area contributed by atoms with Crippen LogP contribution in [-0.4, -0.2) is 43.2 Å². The fourth-order valence-corrected chi connectivity index (χ4v) is 4.43. The van der Waals surface area contributed by atoms with Crippen LogP contribution in [0, 0.1) is 0 Å². The second-order valence-electron chi connectivity index (χ2n) is 8.86. The van der Waals surface area contributed by atoms with Crippen LogP contribution in [-0.2, 0) is 11.3 Å². The van der Waals surface area contributed by atoms with Crippen molar-refractivity contribution in [2.75, 3.05) is 6.54 Å². The number of carboxylic acid groups (broad SMARTS) is 1. The van der Waals surface area contributed by atoms with Crippen molar-refractivity contribution in [3.8, 4) is 28.1 Å². The number of aliphatic carboxylic acids is 1. The van der Waals surface area contributed by atoms with Gasteiger partial charge in [0.05, 0.1) is 24.2 Å². The van der Waals surface area contributed by atoms with Gasteiger partial charge in [-0.2, -0.15) is 0 Å². The highest BCUT2D eigenvalue weighted by Crippen LogP contribution is 2.36. The van der Waals surface area contributed by atoms with Gasteiger partial charge >= 0.3 is 5.97 Å². The number of nitrogens with zero attached hydrogens (tertiary/aromatic N) is 3. The summed E-state index contributed by atoms with van der Waals surface area (Å²) in [7, 11) is 0. The number of carboxylic acids is 1. The Labute approximate surface area is 223 Å². The Bertz CT molecular complexity index is 1720. The lowest BCUT2D eigenvalue weighted by Crippen LogP contribution is -2.28. The standard InChI is InChI=1S/C30H24N4O5/c35-24(36)13-16-32-29(38)26-28(37)23-17-22(20-9-5-2-6-10-20)30(39)34(18-19-7-3-1-4-8-19)27(23)25(33-26)21-11-14-31-15-12-21/h1-12,14-15,17,37H,13,16,18H2,(H,32,38)(H,35,36). The number of pyridine rings is 3. The molecule has 3 heterocycles. The molecular weight excluding hydrogens is 496 g/mol. The lowest BCUT2D eigenvalue weighted by molar-refractivity contribution is -0.136. The first-order valence-electron chi connectivity index (χ1n) is 12.2. The van der Waals surface area contributed by atoms with Crippen molar-refractivity contribution in [2.45, 2.75) is 13.0 Å². The smallest absolute Gasteiger partial charge is 0.305 e. The first-order chi connectivity index (χ1) is 18.9. The van der Waals surface area contributed by atoms with E-state index in [9.17, 15) is 19.5 Å². The maximum absolute atomic E-state index is 14.0. The van der Waals surface area contributed by atoms with Crippen LogP contribution < -0.4 is 10.9 Å². The number of hydrogen-bond acceptors (Lipinski definition) is 6. The van der Waals surface area contributed by atoms with Gasteiger partial charge in [-0.05, 0) is 29.3 Å². The third kappa shape index (κ3) is 5.24. The third-order valence-electron chi connectivity index (χ3n) is 6.28. The van der Waals surface area contributed by atoms with Gasteiger partial charge in [-0.15, -0.1) is 0 Å². The Balaban J connectivity index is 1.83. The summed E-state index contributed by atoms with van der Waals surface area (Å²) in [6, 6.07) is 23.5. The van der Waals surface area contributed by atoms with Crippen molar-refractivity contribution < 1.29 is 19.8 Å². The normalized spacial score (nSPS) is 10.9. The highest BCUT2D eigenvalue weighted by Gasteiger charge is 2.24. The predicted octanol–water partition coefficient (Wildman–Crippen LogP) is 4.08. The van der Waals surface area contributed by atoms with Crippen molar-refractivity contribution in [1.29, 1.82) is 0 Å². The molecule has 0 spiro atoms. The molecule has 0 atom stereocenters. The van der Waals surface area contributed by atoms with E-state index in [2.05, 4.69) is 15.3 Å². The van der Waals surface area contributed by atoms with Gasteiger partial charge in [-0.25, -0.2) is 4.98 Å². The van der Waals surface area contributed by atoms with Crippen LogP contribution in [0.3, 0.4) is 0 Å². The van der Waals surface area contributed by atoms with E-state index in [1.807, 2.05) is 48.5 Å². The molecule has 0 aliphatic carbocycles. The number of fused-ring (bicyclic) bond motifs is 1. The Morgan fingerprint density at radius 3 is 2.23 bits per heavy atom. The van der Waals surface area contributed by atoms with Gasteiger partial charge in [0.2, 0.25) is 0 Å². The minimum Gasteiger partial charge on any atom is -0.505 e. The molecule has 1 amide bonds. The summed E-state index contributed by atoms with van der Waals surface area (Å²) in [6.07, 6.45) is 2.85. The van der Waals surface area contributed by atoms with E-state index in [4.69, 9.17) is 5.11 Å². The molecule has 0 unspecified atom stereocenters. The number of nitrogens with one attached hydrogen (secondary N) is 1. The van der Waals surface area contributed by atoms with Crippen LogP contribution in [0.15, 0.2) is 96.1 Å². The van der Waals surface area contributed by atoms with Crippen molar-refractivity contribution >= 4 is 22.8 Å². The van der Waals surface area contributed by atoms with Crippen LogP contribution in [0.1, 0.15) is 22.5 Å². The molecule has 0 aliphatic heterocycles. The van der Waals surface area contributed by atoms with Crippen molar-refractivity contribution in [2.24, 2.45) is 0 Å². The number of carbonyl (C=O) groups excluding carboxylic acids is 1. The third-order valence-corrected chi connectivity index (χ3v) is 6.28. The number of hydrogen-bond donors (Lipinski definition) is 3. The van der Waals surface area contributed by atoms with Crippen molar-refractivity contribution in [3.63, 3.8) is 0 Å². The number of benzene rings is 2. The van der Waals surface area contributed by atoms with E-state index >= 15 is 0 Å². The molecule has 0 saturated heterocycles. The summed E-state index contributed by atoms with van der Waals surface area (Å²) in [6.45, 7) is 0.0564. The maximum atomic E-state index is 14.0. The Kier molecular flexibility index (Phi) is 7.13. The fraction of sp³-hybridized carbons (Fsp3) is 0.100. The van der Waals surface area contributed by atoms with Gasteiger partial charge in [-0.3, -0.25) is 19.4 Å². The van der Waals surface area contributed by atoms with E-state index in [-0.39, 0.29) is 36.1 Å². The molecule has 5 aromatic rings. The maximum Gasteiger partial charge on any atom is 0.305 e. The van der Waals surface area contributed by atoms with Crippen LogP contribution in [0.25, 0.3) is 33.3 Å². The Morgan fingerprint density at radius 2 is 1.56 bits per heavy atom. The van der Waals surface area contributed by atoms with Crippen LogP contribution in [0.5, 0.6) is 5.75 Å². The number of amides is 1. The van der Waals surface area contributed by atoms with Gasteiger partial charge in [0.15, 0.2) is 11.4 Å². The first-order valence-corrected chi connectivity index (χ1v) is 12.2. The highest BCUT2D eigenvalue weighted by molar-refractivity contribution is 6.06. The van der Waals surface area contributed by atoms with Gasteiger partial charge < -0.3 is 20.1 Å². The number of aromatic nitrogens is 3. The largest absolute Gasteiger partial charge is 0.505 e. The molecular formula is C30H24N4O5. The van der Waals surface area contributed by atoms with E-state index in [1.54, 1.807) is 47.3 Å². The van der Waals surface area contributed by atoms with Gasteiger partial charge in [0, 0.05) is 35.5 Å². The topological polar surface area (TPSA) is 134 Å². The SMILES string of the molecule is O=C(O)CCNC(=O)c1nc(-c2ccncc2)c2c(cc(-c3ccccc3)c(=O)n2Cc2ccccc2)c1O. The molecule has 3 aromatic heterocycles. The van der Waals surface area contributed by atoms with Crippen LogP contribution in [0.4, 0.5) is 0 Å². The molecule has 3 N–H and O–H groups in total. The average molecular weight is 521 g/mol. The second kappa shape index (κ2) is 11.0. The minimum atomic E-state index is -1.07. The van der Waals surface area contributed by atoms with E-state index < -0.39 is 17.6 Å². The van der Waals surface area contributed by atoms with E-state index in [0.717, 1.165) is 5.56 Å². The van der Waals surface area contributed by atoms with Gasteiger partial charge in [0.1, 0.15) is 0 Å². The van der Waals surface area contributed by atoms with Crippen LogP contribution in [0.2, 0.25) is 0 Å². The summed E-state index contributed by atoms with van der Waals surface area (Å²) in [5, 5.41) is 23.1. The zero-order chi connectivity index (χ0) is 27.4. The summed E-state index contributed by atoms with van der Waals surface area (Å²) in [4.78, 5) is 46.6. The summed E-state index contributed by atoms with van der Waals surface area (Å²) >= 11 is 0. The fourth-order valence-electron chi connectivity index (χ4n) is 4.43. The zero-order valence-electron chi connectivity index (χ0n) is 20.7. The molecule has 9 nitrogen and oxygen atoms in total. The minimum absolute atomic E-state index is 0.138. The van der Waals surface area contributed by atoms with Crippen molar-refractivity contribution in [3.05, 3.63) is 113 Å². The van der Waals surface area contributed by atoms with Crippen molar-refractivity contribution in [1.82, 2.24) is 19.9 Å². The summed E-state index contributed by atoms with van der Waals surface area (Å²) in [5.41, 5.74) is 2.55. The zero-order valence-corrected chi connectivity index (χ0v) is 20.7. The van der Waals surface area contributed by atoms with Gasteiger partial charge in [0.25, 0.3) is 11.5 Å². The quantitative estimate of drug-likeness (QED) is 0.281. The van der Waals surface area contributed by atoms with Crippen LogP contribution >= 0.6 is 0 Å². The molecule has 0 fully saturated rings. The second-order valence-corrected chi connectivity index (χ2v) is 8.86. The molecule has 2 aromatic carbocycles. The van der Waals surface area contributed by atoms with Gasteiger partial charge in [-0.1, -0.05) is 60.7 Å². The molecule has 39 heavy (non-hydrogen) atoms. The highest BCUT2D eigenvalue weighted by atomic mass is 16.4. The molecule has 0 radical (unpaired) electrons. The summed E-state index contributed by atoms with van der Waals surface area (Å²) in [5.74, 6) is -2.21. The lowest BCUT2D eigenvalue weighted by Gasteiger charge is -2.19. The number of rotatable bonds is 8. The molecule has 5 rings (SSSR count). The molecule has 194 valence electrons. The number of carbonyl (C=O) groups is 2. The average Bonchev–Trinajstić information content (AvgIpc) is 2.96. The molecule has 0 bridgehead atoms. The Morgan fingerprint density at radius 1 is 0.897 bits per heavy atom.